The van der Waals surface area contributed by atoms with Crippen LogP contribution in [0.4, 0.5) is 0 Å². The fraction of sp³-hybridized carbons (Fsp3) is 0.278. The Hall–Kier alpha value is -2.23. The van der Waals surface area contributed by atoms with Gasteiger partial charge in [-0.1, -0.05) is 12.1 Å². The van der Waals surface area contributed by atoms with Crippen LogP contribution in [0, 0.1) is 0 Å². The van der Waals surface area contributed by atoms with Gasteiger partial charge in [-0.25, -0.2) is 21.6 Å². The Morgan fingerprint density at radius 2 is 1.41 bits per heavy atom. The quantitative estimate of drug-likeness (QED) is 0.676. The summed E-state index contributed by atoms with van der Waals surface area (Å²) in [5.74, 6) is -0.549. The van der Waals surface area contributed by atoms with E-state index in [0.717, 1.165) is 6.26 Å². The molecular weight excluding hydrogens is 390 g/mol. The van der Waals surface area contributed by atoms with Gasteiger partial charge < -0.3 is 4.74 Å². The number of esters is 1. The van der Waals surface area contributed by atoms with Crippen LogP contribution in [0.1, 0.15) is 28.9 Å². The summed E-state index contributed by atoms with van der Waals surface area (Å²) in [6.45, 7) is 1.70. The Labute approximate surface area is 159 Å². The molecule has 0 fully saturated rings. The van der Waals surface area contributed by atoms with Gasteiger partial charge >= 0.3 is 5.97 Å². The minimum Gasteiger partial charge on any atom is -0.465 e. The van der Waals surface area contributed by atoms with Gasteiger partial charge in [0.2, 0.25) is 10.0 Å². The number of hydrogen-bond acceptors (Lipinski definition) is 6. The highest BCUT2D eigenvalue weighted by molar-refractivity contribution is 7.90. The summed E-state index contributed by atoms with van der Waals surface area (Å²) in [6, 6.07) is 11.0. The lowest BCUT2D eigenvalue weighted by Gasteiger charge is -2.25. The molecule has 0 radical (unpaired) electrons. The van der Waals surface area contributed by atoms with Gasteiger partial charge in [0.1, 0.15) is 0 Å². The van der Waals surface area contributed by atoms with Gasteiger partial charge in [0.25, 0.3) is 0 Å². The minimum absolute atomic E-state index is 0.0391. The Morgan fingerprint density at radius 1 is 0.926 bits per heavy atom. The molecule has 0 N–H and O–H groups in total. The standard InChI is InChI=1S/C18H21NO6S2/c1-13(14-5-9-16(10-6-14)26(4,21)22)19(2)27(23,24)17-11-7-15(8-12-17)18(20)25-3/h5-13H,1-4H3. The fourth-order valence-corrected chi connectivity index (χ4v) is 4.44. The number of ether oxygens (including phenoxy) is 1. The van der Waals surface area contributed by atoms with E-state index >= 15 is 0 Å². The maximum atomic E-state index is 12.8. The molecule has 0 heterocycles. The predicted molar refractivity (Wildman–Crippen MR) is 101 cm³/mol. The summed E-state index contributed by atoms with van der Waals surface area (Å²) >= 11 is 0. The number of nitrogens with zero attached hydrogens (tertiary/aromatic N) is 1. The second kappa shape index (κ2) is 7.79. The first kappa shape index (κ1) is 21.1. The number of rotatable bonds is 6. The van der Waals surface area contributed by atoms with Crippen molar-refractivity contribution in [3.05, 3.63) is 59.7 Å². The monoisotopic (exact) mass is 411 g/mol. The Kier molecular flexibility index (Phi) is 6.08. The van der Waals surface area contributed by atoms with E-state index in [0.29, 0.717) is 5.56 Å². The molecule has 0 bridgehead atoms. The Morgan fingerprint density at radius 3 is 1.85 bits per heavy atom. The maximum Gasteiger partial charge on any atom is 0.337 e. The molecule has 0 spiro atoms. The molecule has 0 saturated heterocycles. The minimum atomic E-state index is -3.81. The lowest BCUT2D eigenvalue weighted by Crippen LogP contribution is -2.29. The van der Waals surface area contributed by atoms with Gasteiger partial charge in [-0.05, 0) is 48.9 Å². The molecule has 27 heavy (non-hydrogen) atoms. The first-order valence-electron chi connectivity index (χ1n) is 7.95. The average Bonchev–Trinajstić information content (AvgIpc) is 2.65. The summed E-state index contributed by atoms with van der Waals surface area (Å²) < 4.78 is 54.6. The van der Waals surface area contributed by atoms with Crippen molar-refractivity contribution >= 4 is 25.8 Å². The molecule has 2 aromatic rings. The number of sulfone groups is 1. The average molecular weight is 412 g/mol. The molecule has 0 aliphatic heterocycles. The highest BCUT2D eigenvalue weighted by Gasteiger charge is 2.26. The second-order valence-electron chi connectivity index (χ2n) is 6.05. The molecule has 9 heteroatoms. The van der Waals surface area contributed by atoms with Crippen LogP contribution >= 0.6 is 0 Å². The normalized spacial score (nSPS) is 13.4. The Bertz CT molecular complexity index is 1030. The van der Waals surface area contributed by atoms with E-state index in [1.807, 2.05) is 0 Å². The fourth-order valence-electron chi connectivity index (χ4n) is 2.46. The van der Waals surface area contributed by atoms with Crippen LogP contribution in [0.25, 0.3) is 0 Å². The molecule has 0 saturated carbocycles. The highest BCUT2D eigenvalue weighted by Crippen LogP contribution is 2.26. The first-order valence-corrected chi connectivity index (χ1v) is 11.3. The summed E-state index contributed by atoms with van der Waals surface area (Å²) in [4.78, 5) is 11.7. The molecular formula is C18H21NO6S2. The van der Waals surface area contributed by atoms with Crippen LogP contribution in [0.15, 0.2) is 58.3 Å². The number of hydrogen-bond donors (Lipinski definition) is 0. The SMILES string of the molecule is COC(=O)c1ccc(S(=O)(=O)N(C)C(C)c2ccc(S(C)(=O)=O)cc2)cc1. The molecule has 0 amide bonds. The van der Waals surface area contributed by atoms with Crippen molar-refractivity contribution in [3.8, 4) is 0 Å². The van der Waals surface area contributed by atoms with Gasteiger partial charge in [0, 0.05) is 19.3 Å². The van der Waals surface area contributed by atoms with Crippen LogP contribution in [0.2, 0.25) is 0 Å². The van der Waals surface area contributed by atoms with Crippen molar-refractivity contribution in [1.29, 1.82) is 0 Å². The molecule has 0 aliphatic carbocycles. The number of benzene rings is 2. The number of carbonyl (C=O) groups excluding carboxylic acids is 1. The highest BCUT2D eigenvalue weighted by atomic mass is 32.2. The van der Waals surface area contributed by atoms with E-state index in [4.69, 9.17) is 0 Å². The van der Waals surface area contributed by atoms with Crippen LogP contribution in [-0.4, -0.2) is 47.5 Å². The van der Waals surface area contributed by atoms with Crippen molar-refractivity contribution in [2.45, 2.75) is 22.8 Å². The molecule has 2 rings (SSSR count). The maximum absolute atomic E-state index is 12.8. The predicted octanol–water partition coefficient (Wildman–Crippen LogP) is 2.26. The van der Waals surface area contributed by atoms with Crippen LogP contribution in [0.5, 0.6) is 0 Å². The van der Waals surface area contributed by atoms with Crippen molar-refractivity contribution in [1.82, 2.24) is 4.31 Å². The van der Waals surface area contributed by atoms with E-state index in [-0.39, 0.29) is 15.4 Å². The molecule has 146 valence electrons. The van der Waals surface area contributed by atoms with Crippen LogP contribution < -0.4 is 0 Å². The van der Waals surface area contributed by atoms with Crippen molar-refractivity contribution in [2.24, 2.45) is 0 Å². The largest absolute Gasteiger partial charge is 0.465 e. The van der Waals surface area contributed by atoms with Crippen molar-refractivity contribution in [2.75, 3.05) is 20.4 Å². The lowest BCUT2D eigenvalue weighted by atomic mass is 10.1. The topological polar surface area (TPSA) is 97.8 Å². The second-order valence-corrected chi connectivity index (χ2v) is 10.1. The zero-order chi connectivity index (χ0) is 20.4. The Balaban J connectivity index is 2.29. The summed E-state index contributed by atoms with van der Waals surface area (Å²) in [6.07, 6.45) is 1.11. The molecule has 1 atom stereocenters. The van der Waals surface area contributed by atoms with Gasteiger partial charge in [-0.2, -0.15) is 4.31 Å². The van der Waals surface area contributed by atoms with Crippen molar-refractivity contribution < 1.29 is 26.4 Å². The van der Waals surface area contributed by atoms with Gasteiger partial charge in [-0.3, -0.25) is 0 Å². The van der Waals surface area contributed by atoms with E-state index in [2.05, 4.69) is 4.74 Å². The third-order valence-corrected chi connectivity index (χ3v) is 7.36. The molecule has 7 nitrogen and oxygen atoms in total. The van der Waals surface area contributed by atoms with E-state index in [9.17, 15) is 21.6 Å². The number of carbonyl (C=O) groups is 1. The molecule has 1 unspecified atom stereocenters. The third-order valence-electron chi connectivity index (χ3n) is 4.29. The third kappa shape index (κ3) is 4.55. The van der Waals surface area contributed by atoms with E-state index in [1.165, 1.54) is 54.9 Å². The first-order chi connectivity index (χ1) is 12.5. The summed E-state index contributed by atoms with van der Waals surface area (Å²) in [5.41, 5.74) is 0.906. The summed E-state index contributed by atoms with van der Waals surface area (Å²) in [5, 5.41) is 0. The van der Waals surface area contributed by atoms with Crippen LogP contribution in [0.3, 0.4) is 0 Å². The van der Waals surface area contributed by atoms with E-state index in [1.54, 1.807) is 19.1 Å². The number of methoxy groups -OCH3 is 1. The molecule has 0 aromatic heterocycles. The number of sulfonamides is 1. The van der Waals surface area contributed by atoms with E-state index < -0.39 is 31.9 Å². The zero-order valence-corrected chi connectivity index (χ0v) is 17.0. The zero-order valence-electron chi connectivity index (χ0n) is 15.4. The van der Waals surface area contributed by atoms with Crippen molar-refractivity contribution in [3.63, 3.8) is 0 Å². The smallest absolute Gasteiger partial charge is 0.337 e. The van der Waals surface area contributed by atoms with Crippen LogP contribution in [-0.2, 0) is 24.6 Å². The molecule has 0 aliphatic rings. The lowest BCUT2D eigenvalue weighted by molar-refractivity contribution is 0.0600. The van der Waals surface area contributed by atoms with Gasteiger partial charge in [-0.15, -0.1) is 0 Å². The van der Waals surface area contributed by atoms with Gasteiger partial charge in [0.15, 0.2) is 9.84 Å². The molecule has 2 aromatic carbocycles. The van der Waals surface area contributed by atoms with Gasteiger partial charge in [0.05, 0.1) is 22.5 Å². The summed E-state index contributed by atoms with van der Waals surface area (Å²) in [7, 11) is -4.44.